The van der Waals surface area contributed by atoms with E-state index in [-0.39, 0.29) is 22.9 Å². The zero-order chi connectivity index (χ0) is 26.9. The first-order valence-electron chi connectivity index (χ1n) is 12.2. The molecule has 7 rings (SSSR count). The van der Waals surface area contributed by atoms with E-state index in [0.717, 1.165) is 9.80 Å². The van der Waals surface area contributed by atoms with Crippen molar-refractivity contribution in [1.29, 1.82) is 0 Å². The highest BCUT2D eigenvalue weighted by Gasteiger charge is 2.68. The number of carbonyl (C=O) groups is 6. The number of carbonyl (C=O) groups excluding carboxylic acids is 6. The zero-order valence-corrected chi connectivity index (χ0v) is 20.4. The Labute approximate surface area is 216 Å². The fraction of sp³-hybridized carbons (Fsp3) is 0.286. The van der Waals surface area contributed by atoms with Gasteiger partial charge in [-0.3, -0.25) is 28.8 Å². The fourth-order valence-corrected chi connectivity index (χ4v) is 6.44. The van der Waals surface area contributed by atoms with Crippen molar-refractivity contribution in [3.63, 3.8) is 0 Å². The maximum Gasteiger partial charge on any atom is 0.308 e. The third-order valence-corrected chi connectivity index (χ3v) is 7.68. The summed E-state index contributed by atoms with van der Waals surface area (Å²) in [6.07, 6.45) is 3.56. The number of amides is 4. The molecule has 2 saturated heterocycles. The minimum Gasteiger partial charge on any atom is -0.427 e. The molecular formula is C28H22N2O8. The van der Waals surface area contributed by atoms with Crippen LogP contribution in [-0.4, -0.2) is 35.6 Å². The van der Waals surface area contributed by atoms with Crippen LogP contribution in [0.2, 0.25) is 0 Å². The number of ether oxygens (including phenoxy) is 2. The molecule has 10 nitrogen and oxygen atoms in total. The first-order chi connectivity index (χ1) is 18.2. The molecule has 0 spiro atoms. The van der Waals surface area contributed by atoms with Gasteiger partial charge in [0, 0.05) is 37.8 Å². The van der Waals surface area contributed by atoms with E-state index >= 15 is 0 Å². The van der Waals surface area contributed by atoms with Crippen molar-refractivity contribution in [3.05, 3.63) is 60.7 Å². The zero-order valence-electron chi connectivity index (χ0n) is 20.4. The molecule has 0 N–H and O–H groups in total. The normalized spacial score (nSPS) is 29.0. The molecule has 5 aliphatic rings. The predicted molar refractivity (Wildman–Crippen MR) is 131 cm³/mol. The quantitative estimate of drug-likeness (QED) is 0.263. The van der Waals surface area contributed by atoms with Crippen LogP contribution in [0.5, 0.6) is 11.5 Å². The molecule has 4 amide bonds. The molecule has 2 aromatic carbocycles. The van der Waals surface area contributed by atoms with Crippen LogP contribution in [-0.2, 0) is 28.8 Å². The lowest BCUT2D eigenvalue weighted by Crippen LogP contribution is -2.50. The lowest BCUT2D eigenvalue weighted by Gasteiger charge is -2.44. The van der Waals surface area contributed by atoms with Crippen LogP contribution in [0.1, 0.15) is 13.8 Å². The van der Waals surface area contributed by atoms with E-state index in [1.807, 2.05) is 0 Å². The second-order valence-electron chi connectivity index (χ2n) is 9.85. The average Bonchev–Trinajstić information content (AvgIpc) is 3.30. The van der Waals surface area contributed by atoms with Gasteiger partial charge in [-0.05, 0) is 24.3 Å². The largest absolute Gasteiger partial charge is 0.427 e. The SMILES string of the molecule is CC(=O)Oc1cccc(N2C(=O)[C@@H]3C4C=CC([C@H]3C2=O)[C@@H]2C(=O)N(c3cccc(OC(C)=O)c3)C(=O)[C@H]42)c1. The topological polar surface area (TPSA) is 127 Å². The van der Waals surface area contributed by atoms with Gasteiger partial charge in [-0.2, -0.15) is 0 Å². The van der Waals surface area contributed by atoms with Gasteiger partial charge < -0.3 is 9.47 Å². The Balaban J connectivity index is 1.34. The van der Waals surface area contributed by atoms with Crippen molar-refractivity contribution in [2.75, 3.05) is 9.80 Å². The molecule has 10 heteroatoms. The van der Waals surface area contributed by atoms with Crippen molar-refractivity contribution in [2.45, 2.75) is 13.8 Å². The second kappa shape index (κ2) is 8.47. The molecule has 2 heterocycles. The number of imide groups is 2. The minimum absolute atomic E-state index is 0.195. The highest BCUT2D eigenvalue weighted by molar-refractivity contribution is 6.26. The van der Waals surface area contributed by atoms with Crippen molar-refractivity contribution in [1.82, 2.24) is 0 Å². The first-order valence-corrected chi connectivity index (χ1v) is 12.2. The van der Waals surface area contributed by atoms with Crippen LogP contribution in [0.25, 0.3) is 0 Å². The summed E-state index contributed by atoms with van der Waals surface area (Å²) in [6.45, 7) is 2.50. The van der Waals surface area contributed by atoms with Crippen LogP contribution in [0.15, 0.2) is 60.7 Å². The lowest BCUT2D eigenvalue weighted by atomic mass is 9.54. The Morgan fingerprint density at radius 3 is 1.26 bits per heavy atom. The van der Waals surface area contributed by atoms with Gasteiger partial charge in [0.05, 0.1) is 35.0 Å². The number of nitrogens with zero attached hydrogens (tertiary/aromatic N) is 2. The molecule has 1 saturated carbocycles. The molecule has 0 radical (unpaired) electrons. The van der Waals surface area contributed by atoms with Crippen LogP contribution in [0.3, 0.4) is 0 Å². The van der Waals surface area contributed by atoms with E-state index in [1.165, 1.54) is 26.0 Å². The molecule has 6 atom stereocenters. The molecule has 2 aliphatic heterocycles. The van der Waals surface area contributed by atoms with Crippen LogP contribution in [0, 0.1) is 35.5 Å². The van der Waals surface area contributed by atoms with E-state index in [2.05, 4.69) is 0 Å². The fourth-order valence-electron chi connectivity index (χ4n) is 6.44. The van der Waals surface area contributed by atoms with Crippen LogP contribution in [0.4, 0.5) is 11.4 Å². The number of benzene rings is 2. The Morgan fingerprint density at radius 2 is 0.947 bits per heavy atom. The summed E-state index contributed by atoms with van der Waals surface area (Å²) in [4.78, 5) is 79.5. The van der Waals surface area contributed by atoms with Gasteiger partial charge in [-0.1, -0.05) is 24.3 Å². The smallest absolute Gasteiger partial charge is 0.308 e. The number of hydrogen-bond donors (Lipinski definition) is 0. The van der Waals surface area contributed by atoms with Gasteiger partial charge in [0.2, 0.25) is 23.6 Å². The number of rotatable bonds is 4. The van der Waals surface area contributed by atoms with E-state index < -0.39 is 71.1 Å². The van der Waals surface area contributed by atoms with Gasteiger partial charge in [-0.15, -0.1) is 0 Å². The maximum atomic E-state index is 13.7. The summed E-state index contributed by atoms with van der Waals surface area (Å²) in [5.74, 6) is -6.92. The maximum absolute atomic E-state index is 13.7. The van der Waals surface area contributed by atoms with Gasteiger partial charge in [0.25, 0.3) is 0 Å². The van der Waals surface area contributed by atoms with E-state index in [1.54, 1.807) is 48.6 Å². The van der Waals surface area contributed by atoms with Gasteiger partial charge in [0.15, 0.2) is 0 Å². The molecule has 2 aromatic rings. The number of allylic oxidation sites excluding steroid dienone is 2. The van der Waals surface area contributed by atoms with E-state index in [0.29, 0.717) is 0 Å². The van der Waals surface area contributed by atoms with Crippen LogP contribution >= 0.6 is 0 Å². The number of esters is 2. The van der Waals surface area contributed by atoms with Crippen molar-refractivity contribution in [2.24, 2.45) is 35.5 Å². The molecule has 3 fully saturated rings. The summed E-state index contributed by atoms with van der Waals surface area (Å²) in [5.41, 5.74) is 0.526. The van der Waals surface area contributed by atoms with E-state index in [4.69, 9.17) is 9.47 Å². The standard InChI is InChI=1S/C28H22N2O8/c1-13(31)37-17-7-3-5-15(11-17)29-25(33)21-19-9-10-20(22(21)26(29)34)24-23(19)27(35)30(28(24)36)16-6-4-8-18(12-16)38-14(2)32/h3-12,19-24H,1-2H3/t19?,20?,21-,22-,23-,24+/m1/s1. The van der Waals surface area contributed by atoms with Gasteiger partial charge in [0.1, 0.15) is 11.5 Å². The summed E-state index contributed by atoms with van der Waals surface area (Å²) in [6, 6.07) is 12.3. The summed E-state index contributed by atoms with van der Waals surface area (Å²) in [5, 5.41) is 0. The highest BCUT2D eigenvalue weighted by atomic mass is 16.5. The molecule has 2 unspecified atom stereocenters. The van der Waals surface area contributed by atoms with E-state index in [9.17, 15) is 28.8 Å². The Hall–Kier alpha value is -4.60. The summed E-state index contributed by atoms with van der Waals surface area (Å²) >= 11 is 0. The minimum atomic E-state index is -0.791. The molecule has 3 aliphatic carbocycles. The average molecular weight is 514 g/mol. The molecule has 2 bridgehead atoms. The Morgan fingerprint density at radius 1 is 0.605 bits per heavy atom. The predicted octanol–water partition coefficient (Wildman–Crippen LogP) is 2.26. The summed E-state index contributed by atoms with van der Waals surface area (Å²) < 4.78 is 10.2. The third kappa shape index (κ3) is 3.40. The second-order valence-corrected chi connectivity index (χ2v) is 9.85. The first kappa shape index (κ1) is 23.8. The Kier molecular flexibility index (Phi) is 5.30. The van der Waals surface area contributed by atoms with Crippen LogP contribution < -0.4 is 19.3 Å². The lowest BCUT2D eigenvalue weighted by molar-refractivity contribution is -0.137. The van der Waals surface area contributed by atoms with Crippen molar-refractivity contribution in [3.8, 4) is 11.5 Å². The van der Waals surface area contributed by atoms with Crippen molar-refractivity contribution >= 4 is 46.9 Å². The Bertz CT molecular complexity index is 1330. The highest BCUT2D eigenvalue weighted by Crippen LogP contribution is 2.58. The number of hydrogen-bond acceptors (Lipinski definition) is 8. The van der Waals surface area contributed by atoms with Gasteiger partial charge >= 0.3 is 11.9 Å². The third-order valence-electron chi connectivity index (χ3n) is 7.68. The summed E-state index contributed by atoms with van der Waals surface area (Å²) in [7, 11) is 0. The van der Waals surface area contributed by atoms with Crippen molar-refractivity contribution < 1.29 is 38.2 Å². The molecule has 38 heavy (non-hydrogen) atoms. The molecular weight excluding hydrogens is 492 g/mol. The monoisotopic (exact) mass is 514 g/mol. The van der Waals surface area contributed by atoms with Gasteiger partial charge in [-0.25, -0.2) is 9.80 Å². The molecule has 0 aromatic heterocycles. The number of anilines is 2. The molecule has 192 valence electrons.